The summed E-state index contributed by atoms with van der Waals surface area (Å²) in [5, 5.41) is 8.11. The van der Waals surface area contributed by atoms with Crippen molar-refractivity contribution >= 4 is 0 Å². The predicted octanol–water partition coefficient (Wildman–Crippen LogP) is 3.15. The average Bonchev–Trinajstić information content (AvgIpc) is 2.79. The highest BCUT2D eigenvalue weighted by Crippen LogP contribution is 2.32. The van der Waals surface area contributed by atoms with Gasteiger partial charge in [0.25, 0.3) is 0 Å². The second-order valence-corrected chi connectivity index (χ2v) is 5.91. The molecule has 2 rings (SSSR count). The molecular formula is C17H25N3O. The van der Waals surface area contributed by atoms with Gasteiger partial charge in [-0.1, -0.05) is 25.5 Å². The summed E-state index contributed by atoms with van der Waals surface area (Å²) in [5.74, 6) is 1.50. The van der Waals surface area contributed by atoms with E-state index in [1.807, 2.05) is 17.8 Å². The third-order valence-corrected chi connectivity index (χ3v) is 3.38. The first kappa shape index (κ1) is 15.6. The van der Waals surface area contributed by atoms with Crippen LogP contribution >= 0.6 is 0 Å². The minimum absolute atomic E-state index is 0.638. The molecule has 0 radical (unpaired) electrons. The molecule has 1 heterocycles. The fourth-order valence-corrected chi connectivity index (χ4v) is 2.40. The summed E-state index contributed by atoms with van der Waals surface area (Å²) in [7, 11) is 3.66. The van der Waals surface area contributed by atoms with Crippen molar-refractivity contribution in [2.24, 2.45) is 13.0 Å². The lowest BCUT2D eigenvalue weighted by molar-refractivity contribution is 0.416. The van der Waals surface area contributed by atoms with E-state index in [4.69, 9.17) is 4.74 Å². The maximum Gasteiger partial charge on any atom is 0.128 e. The molecule has 0 aliphatic rings. The highest BCUT2D eigenvalue weighted by molar-refractivity contribution is 5.70. The van der Waals surface area contributed by atoms with E-state index >= 15 is 0 Å². The van der Waals surface area contributed by atoms with Crippen molar-refractivity contribution in [3.8, 4) is 17.0 Å². The van der Waals surface area contributed by atoms with Crippen LogP contribution in [0, 0.1) is 12.8 Å². The van der Waals surface area contributed by atoms with Crippen LogP contribution in [0.2, 0.25) is 0 Å². The first-order chi connectivity index (χ1) is 10.0. The van der Waals surface area contributed by atoms with E-state index in [2.05, 4.69) is 49.5 Å². The Hall–Kier alpha value is -1.81. The summed E-state index contributed by atoms with van der Waals surface area (Å²) in [6, 6.07) is 6.19. The van der Waals surface area contributed by atoms with Crippen LogP contribution in [-0.2, 0) is 13.6 Å². The van der Waals surface area contributed by atoms with Crippen LogP contribution in [0.15, 0.2) is 24.4 Å². The molecule has 0 aliphatic heterocycles. The summed E-state index contributed by atoms with van der Waals surface area (Å²) in [6.07, 6.45) is 2.07. The molecule has 0 atom stereocenters. The third kappa shape index (κ3) is 3.85. The first-order valence-electron chi connectivity index (χ1n) is 7.39. The average molecular weight is 287 g/mol. The minimum Gasteiger partial charge on any atom is -0.496 e. The zero-order valence-corrected chi connectivity index (χ0v) is 13.6. The lowest BCUT2D eigenvalue weighted by atomic mass is 10.0. The third-order valence-electron chi connectivity index (χ3n) is 3.38. The van der Waals surface area contributed by atoms with Crippen molar-refractivity contribution in [3.63, 3.8) is 0 Å². The second-order valence-electron chi connectivity index (χ2n) is 5.91. The van der Waals surface area contributed by atoms with Crippen molar-refractivity contribution < 1.29 is 4.74 Å². The van der Waals surface area contributed by atoms with Crippen molar-refractivity contribution in [2.45, 2.75) is 27.3 Å². The van der Waals surface area contributed by atoms with Gasteiger partial charge in [0.1, 0.15) is 11.4 Å². The normalized spacial score (nSPS) is 11.1. The monoisotopic (exact) mass is 287 g/mol. The maximum absolute atomic E-state index is 5.49. The lowest BCUT2D eigenvalue weighted by Gasteiger charge is -2.10. The molecule has 0 aliphatic carbocycles. The number of benzene rings is 1. The number of ether oxygens (including phenoxy) is 1. The summed E-state index contributed by atoms with van der Waals surface area (Å²) in [6.45, 7) is 8.32. The molecule has 21 heavy (non-hydrogen) atoms. The molecule has 1 aromatic heterocycles. The van der Waals surface area contributed by atoms with Gasteiger partial charge in [0.2, 0.25) is 0 Å². The highest BCUT2D eigenvalue weighted by atomic mass is 16.5. The molecular weight excluding hydrogens is 262 g/mol. The van der Waals surface area contributed by atoms with Gasteiger partial charge in [-0.05, 0) is 31.5 Å². The second kappa shape index (κ2) is 6.76. The molecule has 0 bridgehead atoms. The summed E-state index contributed by atoms with van der Waals surface area (Å²) < 4.78 is 7.36. The number of hydrogen-bond acceptors (Lipinski definition) is 3. The Morgan fingerprint density at radius 3 is 2.76 bits per heavy atom. The zero-order chi connectivity index (χ0) is 15.4. The van der Waals surface area contributed by atoms with Crippen LogP contribution in [0.1, 0.15) is 25.0 Å². The van der Waals surface area contributed by atoms with E-state index in [9.17, 15) is 0 Å². The van der Waals surface area contributed by atoms with Crippen molar-refractivity contribution in [1.29, 1.82) is 0 Å². The SMILES string of the molecule is COc1ccc(C)cc1-c1nn(C)cc1CNCC(C)C. The van der Waals surface area contributed by atoms with E-state index in [-0.39, 0.29) is 0 Å². The van der Waals surface area contributed by atoms with Gasteiger partial charge < -0.3 is 10.1 Å². The van der Waals surface area contributed by atoms with Gasteiger partial charge in [0.15, 0.2) is 0 Å². The zero-order valence-electron chi connectivity index (χ0n) is 13.6. The van der Waals surface area contributed by atoms with Gasteiger partial charge in [0.05, 0.1) is 7.11 Å². The van der Waals surface area contributed by atoms with Gasteiger partial charge in [-0.25, -0.2) is 0 Å². The predicted molar refractivity (Wildman–Crippen MR) is 86.5 cm³/mol. The van der Waals surface area contributed by atoms with Crippen molar-refractivity contribution in [1.82, 2.24) is 15.1 Å². The van der Waals surface area contributed by atoms with E-state index in [0.29, 0.717) is 5.92 Å². The topological polar surface area (TPSA) is 39.1 Å². The van der Waals surface area contributed by atoms with Gasteiger partial charge in [-0.2, -0.15) is 5.10 Å². The number of hydrogen-bond donors (Lipinski definition) is 1. The van der Waals surface area contributed by atoms with Crippen LogP contribution < -0.4 is 10.1 Å². The molecule has 0 saturated carbocycles. The van der Waals surface area contributed by atoms with Crippen molar-refractivity contribution in [2.75, 3.05) is 13.7 Å². The van der Waals surface area contributed by atoms with Crippen LogP contribution in [-0.4, -0.2) is 23.4 Å². The van der Waals surface area contributed by atoms with E-state index in [1.165, 1.54) is 11.1 Å². The summed E-state index contributed by atoms with van der Waals surface area (Å²) in [5.41, 5.74) is 4.45. The van der Waals surface area contributed by atoms with E-state index in [0.717, 1.165) is 30.1 Å². The number of aryl methyl sites for hydroxylation is 2. The molecule has 4 heteroatoms. The fourth-order valence-electron chi connectivity index (χ4n) is 2.40. The van der Waals surface area contributed by atoms with Gasteiger partial charge in [-0.3, -0.25) is 4.68 Å². The molecule has 0 spiro atoms. The quantitative estimate of drug-likeness (QED) is 0.887. The number of nitrogens with one attached hydrogen (secondary N) is 1. The largest absolute Gasteiger partial charge is 0.496 e. The highest BCUT2D eigenvalue weighted by Gasteiger charge is 2.14. The molecule has 114 valence electrons. The molecule has 1 N–H and O–H groups in total. The Labute approximate surface area is 127 Å². The Balaban J connectivity index is 2.33. The van der Waals surface area contributed by atoms with Crippen LogP contribution in [0.5, 0.6) is 5.75 Å². The van der Waals surface area contributed by atoms with E-state index in [1.54, 1.807) is 7.11 Å². The Morgan fingerprint density at radius 1 is 1.33 bits per heavy atom. The summed E-state index contributed by atoms with van der Waals surface area (Å²) in [4.78, 5) is 0. The molecule has 0 saturated heterocycles. The van der Waals surface area contributed by atoms with Crippen LogP contribution in [0.4, 0.5) is 0 Å². The summed E-state index contributed by atoms with van der Waals surface area (Å²) >= 11 is 0. The minimum atomic E-state index is 0.638. The standard InChI is InChI=1S/C17H25N3O/c1-12(2)9-18-10-14-11-20(4)19-17(14)15-8-13(3)6-7-16(15)21-5/h6-8,11-12,18H,9-10H2,1-5H3. The first-order valence-corrected chi connectivity index (χ1v) is 7.39. The van der Waals surface area contributed by atoms with Gasteiger partial charge in [0, 0.05) is 30.9 Å². The number of rotatable bonds is 6. The number of aromatic nitrogens is 2. The molecule has 0 unspecified atom stereocenters. The molecule has 0 amide bonds. The molecule has 4 nitrogen and oxygen atoms in total. The Morgan fingerprint density at radius 2 is 2.10 bits per heavy atom. The molecule has 0 fully saturated rings. The molecule has 1 aromatic carbocycles. The Kier molecular flexibility index (Phi) is 5.02. The maximum atomic E-state index is 5.49. The van der Waals surface area contributed by atoms with Gasteiger partial charge in [-0.15, -0.1) is 0 Å². The number of nitrogens with zero attached hydrogens (tertiary/aromatic N) is 2. The Bertz CT molecular complexity index is 602. The fraction of sp³-hybridized carbons (Fsp3) is 0.471. The number of methoxy groups -OCH3 is 1. The molecule has 2 aromatic rings. The lowest BCUT2D eigenvalue weighted by Crippen LogP contribution is -2.19. The van der Waals surface area contributed by atoms with E-state index < -0.39 is 0 Å². The van der Waals surface area contributed by atoms with Crippen LogP contribution in [0.3, 0.4) is 0 Å². The van der Waals surface area contributed by atoms with Crippen LogP contribution in [0.25, 0.3) is 11.3 Å². The van der Waals surface area contributed by atoms with Gasteiger partial charge >= 0.3 is 0 Å². The van der Waals surface area contributed by atoms with Crippen molar-refractivity contribution in [3.05, 3.63) is 35.5 Å². The smallest absolute Gasteiger partial charge is 0.128 e.